The average molecular weight is 292 g/mol. The molecule has 2 unspecified atom stereocenters. The van der Waals surface area contributed by atoms with Crippen LogP contribution in [0.2, 0.25) is 0 Å². The highest BCUT2D eigenvalue weighted by atomic mass is 31.2. The Kier molecular flexibility index (Phi) is 5.48. The van der Waals surface area contributed by atoms with Crippen molar-refractivity contribution >= 4 is 26.9 Å². The first kappa shape index (κ1) is 14.6. The standard InChI is InChI=1S/C15H18O2P2/c1-2-15(18(16)13-9-5-3-6-10-13)19(17)14-11-7-4-8-12-14/h3-12,15-17H,2H2,1H3. The number of hydrogen-bond acceptors (Lipinski definition) is 2. The van der Waals surface area contributed by atoms with Crippen molar-refractivity contribution in [2.45, 2.75) is 18.7 Å². The molecule has 0 aromatic heterocycles. The Balaban J connectivity index is 2.20. The molecule has 2 atom stereocenters. The molecule has 19 heavy (non-hydrogen) atoms. The van der Waals surface area contributed by atoms with Gasteiger partial charge in [0.15, 0.2) is 0 Å². The lowest BCUT2D eigenvalue weighted by molar-refractivity contribution is 0.605. The molecule has 2 nitrogen and oxygen atoms in total. The van der Waals surface area contributed by atoms with Crippen LogP contribution in [0, 0.1) is 0 Å². The topological polar surface area (TPSA) is 40.5 Å². The second-order valence-corrected chi connectivity index (χ2v) is 8.31. The quantitative estimate of drug-likeness (QED) is 0.831. The zero-order valence-corrected chi connectivity index (χ0v) is 12.6. The molecule has 0 aliphatic rings. The van der Waals surface area contributed by atoms with Crippen LogP contribution in [0.15, 0.2) is 60.7 Å². The van der Waals surface area contributed by atoms with E-state index >= 15 is 0 Å². The molecule has 2 aromatic carbocycles. The lowest BCUT2D eigenvalue weighted by atomic mass is 10.4. The molecule has 100 valence electrons. The van der Waals surface area contributed by atoms with Gasteiger partial charge in [-0.1, -0.05) is 67.6 Å². The molecule has 2 aromatic rings. The molecule has 0 radical (unpaired) electrons. The molecular formula is C15H18O2P2. The summed E-state index contributed by atoms with van der Waals surface area (Å²) in [6.45, 7) is 2.02. The van der Waals surface area contributed by atoms with Crippen molar-refractivity contribution in [3.63, 3.8) is 0 Å². The van der Waals surface area contributed by atoms with Crippen molar-refractivity contribution in [3.05, 3.63) is 60.7 Å². The van der Waals surface area contributed by atoms with Gasteiger partial charge in [0.05, 0.1) is 21.7 Å². The molecule has 0 saturated carbocycles. The molecule has 0 bridgehead atoms. The summed E-state index contributed by atoms with van der Waals surface area (Å²) in [7, 11) is -2.65. The summed E-state index contributed by atoms with van der Waals surface area (Å²) in [6, 6.07) is 19.3. The van der Waals surface area contributed by atoms with Crippen LogP contribution in [0.25, 0.3) is 0 Å². The van der Waals surface area contributed by atoms with Gasteiger partial charge in [0.1, 0.15) is 0 Å². The number of hydrogen-bond donors (Lipinski definition) is 2. The maximum Gasteiger partial charge on any atom is 0.0664 e. The third-order valence-corrected chi connectivity index (χ3v) is 7.80. The monoisotopic (exact) mass is 292 g/mol. The molecule has 0 heterocycles. The van der Waals surface area contributed by atoms with Crippen LogP contribution in [-0.4, -0.2) is 15.2 Å². The maximum absolute atomic E-state index is 10.5. The van der Waals surface area contributed by atoms with Gasteiger partial charge in [-0.3, -0.25) is 0 Å². The van der Waals surface area contributed by atoms with E-state index in [0.717, 1.165) is 17.0 Å². The van der Waals surface area contributed by atoms with E-state index in [1.54, 1.807) is 0 Å². The van der Waals surface area contributed by atoms with Crippen LogP contribution < -0.4 is 10.6 Å². The summed E-state index contributed by atoms with van der Waals surface area (Å²) in [6.07, 6.45) is 0.772. The molecule has 2 rings (SSSR count). The van der Waals surface area contributed by atoms with E-state index in [1.807, 2.05) is 67.6 Å². The summed E-state index contributed by atoms with van der Waals surface area (Å²) in [5.41, 5.74) is 0. The Labute approximate surface area is 116 Å². The Morgan fingerprint density at radius 1 is 0.789 bits per heavy atom. The highest BCUT2D eigenvalue weighted by Crippen LogP contribution is 2.54. The van der Waals surface area contributed by atoms with Gasteiger partial charge in [-0.25, -0.2) is 0 Å². The predicted octanol–water partition coefficient (Wildman–Crippen LogP) is 3.15. The van der Waals surface area contributed by atoms with Crippen LogP contribution in [0.3, 0.4) is 0 Å². The van der Waals surface area contributed by atoms with Crippen molar-refractivity contribution in [1.82, 2.24) is 0 Å². The van der Waals surface area contributed by atoms with Crippen LogP contribution in [0.1, 0.15) is 13.3 Å². The van der Waals surface area contributed by atoms with Gasteiger partial charge in [0, 0.05) is 10.6 Å². The molecule has 0 fully saturated rings. The predicted molar refractivity (Wildman–Crippen MR) is 84.5 cm³/mol. The van der Waals surface area contributed by atoms with E-state index in [2.05, 4.69) is 0 Å². The minimum atomic E-state index is -1.32. The summed E-state index contributed by atoms with van der Waals surface area (Å²) in [4.78, 5) is 21.1. The lowest BCUT2D eigenvalue weighted by Gasteiger charge is -2.26. The fourth-order valence-corrected chi connectivity index (χ4v) is 5.92. The molecule has 0 aliphatic carbocycles. The van der Waals surface area contributed by atoms with Crippen molar-refractivity contribution in [1.29, 1.82) is 0 Å². The van der Waals surface area contributed by atoms with Crippen molar-refractivity contribution in [2.24, 2.45) is 0 Å². The second-order valence-electron chi connectivity index (χ2n) is 4.25. The van der Waals surface area contributed by atoms with Gasteiger partial charge in [0.2, 0.25) is 0 Å². The Morgan fingerprint density at radius 2 is 1.16 bits per heavy atom. The van der Waals surface area contributed by atoms with E-state index in [-0.39, 0.29) is 5.40 Å². The SMILES string of the molecule is CCC(P(O)c1ccccc1)P(O)c1ccccc1. The molecule has 2 N–H and O–H groups in total. The second kappa shape index (κ2) is 7.12. The summed E-state index contributed by atoms with van der Waals surface area (Å²) < 4.78 is 0. The highest BCUT2D eigenvalue weighted by molar-refractivity contribution is 7.77. The van der Waals surface area contributed by atoms with Gasteiger partial charge in [-0.15, -0.1) is 0 Å². The van der Waals surface area contributed by atoms with Gasteiger partial charge in [-0.05, 0) is 6.42 Å². The van der Waals surface area contributed by atoms with Gasteiger partial charge < -0.3 is 9.79 Å². The zero-order chi connectivity index (χ0) is 13.7. The molecule has 0 amide bonds. The lowest BCUT2D eigenvalue weighted by Crippen LogP contribution is -2.16. The van der Waals surface area contributed by atoms with Crippen LogP contribution >= 0.6 is 16.3 Å². The number of benzene rings is 2. The average Bonchev–Trinajstić information content (AvgIpc) is 2.49. The first-order chi connectivity index (χ1) is 9.24. The van der Waals surface area contributed by atoms with Crippen LogP contribution in [-0.2, 0) is 0 Å². The Morgan fingerprint density at radius 3 is 1.47 bits per heavy atom. The first-order valence-corrected chi connectivity index (χ1v) is 9.03. The zero-order valence-electron chi connectivity index (χ0n) is 10.8. The smallest absolute Gasteiger partial charge is 0.0664 e. The molecule has 0 aliphatic heterocycles. The van der Waals surface area contributed by atoms with E-state index < -0.39 is 16.3 Å². The Hall–Kier alpha value is -0.780. The van der Waals surface area contributed by atoms with E-state index in [9.17, 15) is 9.79 Å². The summed E-state index contributed by atoms with van der Waals surface area (Å²) in [5, 5.41) is 1.79. The van der Waals surface area contributed by atoms with Crippen LogP contribution in [0.5, 0.6) is 0 Å². The van der Waals surface area contributed by atoms with Crippen molar-refractivity contribution in [2.75, 3.05) is 0 Å². The first-order valence-electron chi connectivity index (χ1n) is 6.30. The van der Waals surface area contributed by atoms with E-state index in [4.69, 9.17) is 0 Å². The van der Waals surface area contributed by atoms with E-state index in [0.29, 0.717) is 0 Å². The Bertz CT molecular complexity index is 445. The minimum absolute atomic E-state index is 0.0743. The van der Waals surface area contributed by atoms with Gasteiger partial charge in [0.25, 0.3) is 0 Å². The summed E-state index contributed by atoms with van der Waals surface area (Å²) in [5.74, 6) is 0. The maximum atomic E-state index is 10.5. The number of rotatable bonds is 5. The minimum Gasteiger partial charge on any atom is -0.368 e. The third-order valence-electron chi connectivity index (χ3n) is 2.97. The normalized spacial score (nSPS) is 15.7. The van der Waals surface area contributed by atoms with E-state index in [1.165, 1.54) is 0 Å². The van der Waals surface area contributed by atoms with Crippen molar-refractivity contribution in [3.8, 4) is 0 Å². The fraction of sp³-hybridized carbons (Fsp3) is 0.200. The summed E-state index contributed by atoms with van der Waals surface area (Å²) >= 11 is 0. The highest BCUT2D eigenvalue weighted by Gasteiger charge is 2.28. The third kappa shape index (κ3) is 3.61. The largest absolute Gasteiger partial charge is 0.368 e. The molecule has 4 heteroatoms. The van der Waals surface area contributed by atoms with Gasteiger partial charge in [-0.2, -0.15) is 0 Å². The molecule has 0 spiro atoms. The van der Waals surface area contributed by atoms with Gasteiger partial charge >= 0.3 is 0 Å². The molecule has 0 saturated heterocycles. The van der Waals surface area contributed by atoms with Crippen molar-refractivity contribution < 1.29 is 9.79 Å². The van der Waals surface area contributed by atoms with Crippen LogP contribution in [0.4, 0.5) is 0 Å². The fourth-order valence-electron chi connectivity index (χ4n) is 1.96. The molecular weight excluding hydrogens is 274 g/mol.